The summed E-state index contributed by atoms with van der Waals surface area (Å²) in [5.41, 5.74) is 0.625. The van der Waals surface area contributed by atoms with Gasteiger partial charge >= 0.3 is 0 Å². The third-order valence-corrected chi connectivity index (χ3v) is 6.11. The maximum atomic E-state index is 13.9. The first-order valence-electron chi connectivity index (χ1n) is 7.75. The minimum atomic E-state index is -3.65. The van der Waals surface area contributed by atoms with Gasteiger partial charge in [0.25, 0.3) is 0 Å². The number of aryl methyl sites for hydroxylation is 1. The summed E-state index contributed by atoms with van der Waals surface area (Å²) in [6.45, 7) is 2.27. The molecule has 8 heteroatoms. The summed E-state index contributed by atoms with van der Waals surface area (Å²) < 4.78 is 67.3. The fraction of sp³-hybridized carbons (Fsp3) is 0.294. The second-order valence-corrected chi connectivity index (χ2v) is 7.86. The van der Waals surface area contributed by atoms with Gasteiger partial charge in [-0.25, -0.2) is 21.6 Å². The van der Waals surface area contributed by atoms with E-state index in [-0.39, 0.29) is 36.8 Å². The van der Waals surface area contributed by atoms with Crippen molar-refractivity contribution in [2.75, 3.05) is 31.1 Å². The van der Waals surface area contributed by atoms with Gasteiger partial charge in [0.05, 0.1) is 4.90 Å². The zero-order valence-electron chi connectivity index (χ0n) is 13.5. The summed E-state index contributed by atoms with van der Waals surface area (Å²) in [6, 6.07) is 7.74. The Hall–Kier alpha value is -2.06. The van der Waals surface area contributed by atoms with Gasteiger partial charge in [-0.1, -0.05) is 17.7 Å². The molecule has 0 atom stereocenters. The van der Waals surface area contributed by atoms with Gasteiger partial charge < -0.3 is 4.90 Å². The molecule has 4 nitrogen and oxygen atoms in total. The molecule has 0 radical (unpaired) electrons. The van der Waals surface area contributed by atoms with Crippen molar-refractivity contribution in [2.24, 2.45) is 0 Å². The Morgan fingerprint density at radius 1 is 0.880 bits per heavy atom. The third-order valence-electron chi connectivity index (χ3n) is 4.20. The lowest BCUT2D eigenvalue weighted by molar-refractivity contribution is 0.380. The van der Waals surface area contributed by atoms with E-state index in [2.05, 4.69) is 0 Å². The van der Waals surface area contributed by atoms with Crippen LogP contribution in [-0.2, 0) is 10.0 Å². The molecule has 0 N–H and O–H groups in total. The maximum absolute atomic E-state index is 13.9. The molecule has 1 fully saturated rings. The van der Waals surface area contributed by atoms with E-state index in [1.54, 1.807) is 12.1 Å². The molecule has 0 bridgehead atoms. The summed E-state index contributed by atoms with van der Waals surface area (Å²) >= 11 is 0. The van der Waals surface area contributed by atoms with E-state index in [1.165, 1.54) is 21.3 Å². The van der Waals surface area contributed by atoms with Gasteiger partial charge in [0, 0.05) is 38.3 Å². The fourth-order valence-electron chi connectivity index (χ4n) is 2.85. The zero-order chi connectivity index (χ0) is 18.2. The molecule has 0 aliphatic carbocycles. The number of halogens is 3. The molecular weight excluding hydrogens is 353 g/mol. The van der Waals surface area contributed by atoms with Crippen LogP contribution in [0.5, 0.6) is 0 Å². The molecule has 1 heterocycles. The lowest BCUT2D eigenvalue weighted by Crippen LogP contribution is -2.49. The number of benzene rings is 2. The van der Waals surface area contributed by atoms with Crippen LogP contribution in [0.3, 0.4) is 0 Å². The lowest BCUT2D eigenvalue weighted by Gasteiger charge is -2.35. The number of hydrogen-bond acceptors (Lipinski definition) is 3. The molecule has 1 aliphatic heterocycles. The summed E-state index contributed by atoms with van der Waals surface area (Å²) in [5, 5.41) is 0. The van der Waals surface area contributed by atoms with Crippen LogP contribution in [-0.4, -0.2) is 38.9 Å². The molecule has 1 saturated heterocycles. The number of sulfonamides is 1. The van der Waals surface area contributed by atoms with Crippen molar-refractivity contribution in [1.29, 1.82) is 0 Å². The Morgan fingerprint density at radius 2 is 1.40 bits per heavy atom. The number of hydrogen-bond donors (Lipinski definition) is 0. The van der Waals surface area contributed by atoms with Gasteiger partial charge in [-0.15, -0.1) is 0 Å². The largest absolute Gasteiger partial charge is 0.364 e. The first-order chi connectivity index (χ1) is 11.8. The van der Waals surface area contributed by atoms with Crippen LogP contribution in [0.2, 0.25) is 0 Å². The molecule has 134 valence electrons. The number of nitrogens with zero attached hydrogens (tertiary/aromatic N) is 2. The molecule has 25 heavy (non-hydrogen) atoms. The number of piperazine rings is 1. The van der Waals surface area contributed by atoms with Gasteiger partial charge in [0.2, 0.25) is 10.0 Å². The summed E-state index contributed by atoms with van der Waals surface area (Å²) in [6.07, 6.45) is 0. The van der Waals surface area contributed by atoms with Gasteiger partial charge in [-0.2, -0.15) is 4.31 Å². The highest BCUT2D eigenvalue weighted by atomic mass is 32.2. The molecule has 3 rings (SSSR count). The van der Waals surface area contributed by atoms with E-state index in [0.717, 1.165) is 5.56 Å². The van der Waals surface area contributed by atoms with E-state index in [4.69, 9.17) is 0 Å². The van der Waals surface area contributed by atoms with E-state index >= 15 is 0 Å². The Morgan fingerprint density at radius 3 is 1.92 bits per heavy atom. The lowest BCUT2D eigenvalue weighted by atomic mass is 10.2. The average molecular weight is 370 g/mol. The van der Waals surface area contributed by atoms with Crippen LogP contribution in [0.4, 0.5) is 18.9 Å². The van der Waals surface area contributed by atoms with E-state index < -0.39 is 27.5 Å². The highest BCUT2D eigenvalue weighted by molar-refractivity contribution is 7.89. The highest BCUT2D eigenvalue weighted by Gasteiger charge is 2.30. The van der Waals surface area contributed by atoms with Crippen LogP contribution in [0.1, 0.15) is 5.56 Å². The number of anilines is 1. The molecule has 2 aromatic rings. The second kappa shape index (κ2) is 6.68. The molecule has 0 spiro atoms. The van der Waals surface area contributed by atoms with Gasteiger partial charge in [0.15, 0.2) is 11.6 Å². The molecule has 0 unspecified atom stereocenters. The van der Waals surface area contributed by atoms with E-state index in [1.807, 2.05) is 6.92 Å². The third kappa shape index (κ3) is 3.50. The molecule has 0 amide bonds. The quantitative estimate of drug-likeness (QED) is 0.834. The van der Waals surface area contributed by atoms with Crippen LogP contribution < -0.4 is 4.90 Å². The monoisotopic (exact) mass is 370 g/mol. The SMILES string of the molecule is Cc1ccc(S(=O)(=O)N2CCN(c3c(F)cc(F)cc3F)CC2)cc1. The summed E-state index contributed by atoms with van der Waals surface area (Å²) in [4.78, 5) is 1.58. The van der Waals surface area contributed by atoms with Crippen LogP contribution in [0.25, 0.3) is 0 Å². The molecule has 1 aliphatic rings. The van der Waals surface area contributed by atoms with Crippen molar-refractivity contribution in [3.63, 3.8) is 0 Å². The normalized spacial score (nSPS) is 16.2. The van der Waals surface area contributed by atoms with Crippen LogP contribution >= 0.6 is 0 Å². The Kier molecular flexibility index (Phi) is 4.75. The molecule has 0 saturated carbocycles. The molecule has 2 aromatic carbocycles. The average Bonchev–Trinajstić information content (AvgIpc) is 2.55. The topological polar surface area (TPSA) is 40.6 Å². The first-order valence-corrected chi connectivity index (χ1v) is 9.19. The second-order valence-electron chi connectivity index (χ2n) is 5.92. The van der Waals surface area contributed by atoms with Crippen molar-refractivity contribution >= 4 is 15.7 Å². The van der Waals surface area contributed by atoms with E-state index in [9.17, 15) is 21.6 Å². The van der Waals surface area contributed by atoms with Gasteiger partial charge in [-0.05, 0) is 19.1 Å². The maximum Gasteiger partial charge on any atom is 0.243 e. The predicted octanol–water partition coefficient (Wildman–Crippen LogP) is 2.92. The van der Waals surface area contributed by atoms with Crippen molar-refractivity contribution in [2.45, 2.75) is 11.8 Å². The minimum Gasteiger partial charge on any atom is -0.364 e. The Labute approximate surface area is 144 Å². The highest BCUT2D eigenvalue weighted by Crippen LogP contribution is 2.27. The van der Waals surface area contributed by atoms with Gasteiger partial charge in [-0.3, -0.25) is 0 Å². The van der Waals surface area contributed by atoms with Crippen molar-refractivity contribution in [3.8, 4) is 0 Å². The van der Waals surface area contributed by atoms with Crippen molar-refractivity contribution in [1.82, 2.24) is 4.31 Å². The van der Waals surface area contributed by atoms with E-state index in [0.29, 0.717) is 12.1 Å². The van der Waals surface area contributed by atoms with Crippen molar-refractivity contribution in [3.05, 3.63) is 59.4 Å². The Balaban J connectivity index is 1.77. The molecular formula is C17H17F3N2O2S. The summed E-state index contributed by atoms with van der Waals surface area (Å²) in [7, 11) is -3.65. The zero-order valence-corrected chi connectivity index (χ0v) is 14.4. The Bertz CT molecular complexity index is 854. The summed E-state index contributed by atoms with van der Waals surface area (Å²) in [5.74, 6) is -2.97. The molecule has 0 aromatic heterocycles. The minimum absolute atomic E-state index is 0.0897. The van der Waals surface area contributed by atoms with Crippen LogP contribution in [0, 0.1) is 24.4 Å². The predicted molar refractivity (Wildman–Crippen MR) is 88.5 cm³/mol. The van der Waals surface area contributed by atoms with Crippen LogP contribution in [0.15, 0.2) is 41.3 Å². The van der Waals surface area contributed by atoms with Crippen molar-refractivity contribution < 1.29 is 21.6 Å². The first kappa shape index (κ1) is 17.8. The smallest absolute Gasteiger partial charge is 0.243 e. The standard InChI is InChI=1S/C17H17F3N2O2S/c1-12-2-4-14(5-3-12)25(23,24)22-8-6-21(7-9-22)17-15(19)10-13(18)11-16(17)20/h2-5,10-11H,6-9H2,1H3. The fourth-order valence-corrected chi connectivity index (χ4v) is 4.27. The van der Waals surface area contributed by atoms with Gasteiger partial charge in [0.1, 0.15) is 11.5 Å². The number of rotatable bonds is 3.